The van der Waals surface area contributed by atoms with Crippen molar-refractivity contribution < 1.29 is 13.6 Å². The van der Waals surface area contributed by atoms with Crippen molar-refractivity contribution in [2.75, 3.05) is 0 Å². The molecule has 0 aliphatic carbocycles. The quantitative estimate of drug-likeness (QED) is 0.715. The SMILES string of the molecule is O=C(c1ccsc1)c1cccc(F)c1F. The summed E-state index contributed by atoms with van der Waals surface area (Å²) in [5.74, 6) is -2.59. The van der Waals surface area contributed by atoms with Crippen LogP contribution in [-0.2, 0) is 0 Å². The Hall–Kier alpha value is -1.55. The summed E-state index contributed by atoms with van der Waals surface area (Å²) < 4.78 is 26.1. The Morgan fingerprint density at radius 3 is 2.67 bits per heavy atom. The molecule has 1 aromatic carbocycles. The molecule has 0 saturated carbocycles. The Bertz CT molecular complexity index is 491. The molecule has 0 atom stereocenters. The van der Waals surface area contributed by atoms with E-state index in [2.05, 4.69) is 0 Å². The molecule has 0 aliphatic rings. The van der Waals surface area contributed by atoms with Gasteiger partial charge in [0.1, 0.15) is 0 Å². The van der Waals surface area contributed by atoms with Crippen molar-refractivity contribution in [1.82, 2.24) is 0 Å². The largest absolute Gasteiger partial charge is 0.288 e. The Kier molecular flexibility index (Phi) is 2.60. The van der Waals surface area contributed by atoms with Crippen LogP contribution < -0.4 is 0 Å². The molecule has 2 rings (SSSR count). The van der Waals surface area contributed by atoms with Gasteiger partial charge in [-0.15, -0.1) is 0 Å². The summed E-state index contributed by atoms with van der Waals surface area (Å²) >= 11 is 1.34. The fourth-order valence-corrected chi connectivity index (χ4v) is 1.86. The van der Waals surface area contributed by atoms with Crippen LogP contribution in [0.15, 0.2) is 35.0 Å². The number of hydrogen-bond acceptors (Lipinski definition) is 2. The van der Waals surface area contributed by atoms with Gasteiger partial charge in [-0.1, -0.05) is 6.07 Å². The highest BCUT2D eigenvalue weighted by atomic mass is 32.1. The van der Waals surface area contributed by atoms with E-state index in [4.69, 9.17) is 0 Å². The average Bonchev–Trinajstić information content (AvgIpc) is 2.74. The third-order valence-corrected chi connectivity index (χ3v) is 2.66. The van der Waals surface area contributed by atoms with Gasteiger partial charge >= 0.3 is 0 Å². The van der Waals surface area contributed by atoms with Crippen molar-refractivity contribution in [3.8, 4) is 0 Å². The van der Waals surface area contributed by atoms with E-state index in [1.54, 1.807) is 16.8 Å². The van der Waals surface area contributed by atoms with Gasteiger partial charge < -0.3 is 0 Å². The first kappa shape index (κ1) is 9.98. The lowest BCUT2D eigenvalue weighted by molar-refractivity contribution is 0.103. The van der Waals surface area contributed by atoms with Crippen LogP contribution in [-0.4, -0.2) is 5.78 Å². The Labute approximate surface area is 89.0 Å². The van der Waals surface area contributed by atoms with Crippen molar-refractivity contribution >= 4 is 17.1 Å². The standard InChI is InChI=1S/C11H6F2OS/c12-9-3-1-2-8(10(9)13)11(14)7-4-5-15-6-7/h1-6H. The molecule has 0 N–H and O–H groups in total. The average molecular weight is 224 g/mol. The molecule has 76 valence electrons. The maximum Gasteiger partial charge on any atom is 0.196 e. The van der Waals surface area contributed by atoms with Gasteiger partial charge in [0, 0.05) is 10.9 Å². The van der Waals surface area contributed by atoms with Crippen LogP contribution in [0.1, 0.15) is 15.9 Å². The molecule has 4 heteroatoms. The van der Waals surface area contributed by atoms with Gasteiger partial charge in [0.15, 0.2) is 17.4 Å². The molecule has 0 saturated heterocycles. The van der Waals surface area contributed by atoms with Gasteiger partial charge in [-0.3, -0.25) is 4.79 Å². The molecule has 0 fully saturated rings. The van der Waals surface area contributed by atoms with Gasteiger partial charge in [0.25, 0.3) is 0 Å². The number of benzene rings is 1. The first-order chi connectivity index (χ1) is 7.20. The van der Waals surface area contributed by atoms with E-state index in [9.17, 15) is 13.6 Å². The van der Waals surface area contributed by atoms with Crippen molar-refractivity contribution in [3.63, 3.8) is 0 Å². The number of thiophene rings is 1. The van der Waals surface area contributed by atoms with Gasteiger partial charge in [-0.2, -0.15) is 11.3 Å². The molecule has 0 unspecified atom stereocenters. The summed E-state index contributed by atoms with van der Waals surface area (Å²) in [4.78, 5) is 11.7. The van der Waals surface area contributed by atoms with E-state index in [0.29, 0.717) is 5.56 Å². The number of carbonyl (C=O) groups excluding carboxylic acids is 1. The van der Waals surface area contributed by atoms with Crippen molar-refractivity contribution in [2.45, 2.75) is 0 Å². The first-order valence-electron chi connectivity index (χ1n) is 4.21. The smallest absolute Gasteiger partial charge is 0.196 e. The predicted molar refractivity (Wildman–Crippen MR) is 54.1 cm³/mol. The topological polar surface area (TPSA) is 17.1 Å². The molecule has 0 aliphatic heterocycles. The van der Waals surface area contributed by atoms with E-state index in [-0.39, 0.29) is 5.56 Å². The molecular weight excluding hydrogens is 218 g/mol. The summed E-state index contributed by atoms with van der Waals surface area (Å²) in [7, 11) is 0. The lowest BCUT2D eigenvalue weighted by Crippen LogP contribution is -2.04. The molecule has 1 nitrogen and oxygen atoms in total. The number of halogens is 2. The Morgan fingerprint density at radius 2 is 2.00 bits per heavy atom. The van der Waals surface area contributed by atoms with Crippen molar-refractivity contribution in [1.29, 1.82) is 0 Å². The molecule has 2 aromatic rings. The number of rotatable bonds is 2. The summed E-state index contributed by atoms with van der Waals surface area (Å²) in [6.07, 6.45) is 0. The molecule has 1 heterocycles. The lowest BCUT2D eigenvalue weighted by atomic mass is 10.1. The highest BCUT2D eigenvalue weighted by Crippen LogP contribution is 2.17. The fraction of sp³-hybridized carbons (Fsp3) is 0. The van der Waals surface area contributed by atoms with Crippen LogP contribution in [0, 0.1) is 11.6 Å². The number of carbonyl (C=O) groups is 1. The van der Waals surface area contributed by atoms with E-state index in [1.165, 1.54) is 23.5 Å². The third-order valence-electron chi connectivity index (χ3n) is 1.98. The second-order valence-electron chi connectivity index (χ2n) is 2.94. The van der Waals surface area contributed by atoms with Crippen molar-refractivity contribution in [3.05, 3.63) is 57.8 Å². The summed E-state index contributed by atoms with van der Waals surface area (Å²) in [5, 5.41) is 3.32. The number of ketones is 1. The minimum atomic E-state index is -1.09. The van der Waals surface area contributed by atoms with Gasteiger partial charge in [-0.05, 0) is 23.6 Å². The monoisotopic (exact) mass is 224 g/mol. The molecule has 15 heavy (non-hydrogen) atoms. The molecular formula is C11H6F2OS. The summed E-state index contributed by atoms with van der Waals surface area (Å²) in [5.41, 5.74) is 0.151. The molecule has 0 amide bonds. The summed E-state index contributed by atoms with van der Waals surface area (Å²) in [6, 6.07) is 5.16. The summed E-state index contributed by atoms with van der Waals surface area (Å²) in [6.45, 7) is 0. The van der Waals surface area contributed by atoms with Crippen molar-refractivity contribution in [2.24, 2.45) is 0 Å². The van der Waals surface area contributed by atoms with Crippen LogP contribution in [0.2, 0.25) is 0 Å². The van der Waals surface area contributed by atoms with Gasteiger partial charge in [0.05, 0.1) is 5.56 Å². The minimum absolute atomic E-state index is 0.228. The zero-order chi connectivity index (χ0) is 10.8. The van der Waals surface area contributed by atoms with E-state index >= 15 is 0 Å². The molecule has 1 aromatic heterocycles. The van der Waals surface area contributed by atoms with Gasteiger partial charge in [0.2, 0.25) is 0 Å². The van der Waals surface area contributed by atoms with E-state index in [0.717, 1.165) is 6.07 Å². The third kappa shape index (κ3) is 1.80. The maximum absolute atomic E-state index is 13.3. The zero-order valence-electron chi connectivity index (χ0n) is 7.54. The molecule has 0 spiro atoms. The fourth-order valence-electron chi connectivity index (χ4n) is 1.23. The first-order valence-corrected chi connectivity index (χ1v) is 5.15. The Morgan fingerprint density at radius 1 is 1.20 bits per heavy atom. The van der Waals surface area contributed by atoms with Crippen LogP contribution in [0.4, 0.5) is 8.78 Å². The molecule has 0 radical (unpaired) electrons. The van der Waals surface area contributed by atoms with Gasteiger partial charge in [-0.25, -0.2) is 8.78 Å². The lowest BCUT2D eigenvalue weighted by Gasteiger charge is -2.00. The highest BCUT2D eigenvalue weighted by molar-refractivity contribution is 7.08. The normalized spacial score (nSPS) is 10.3. The minimum Gasteiger partial charge on any atom is -0.288 e. The predicted octanol–water partition coefficient (Wildman–Crippen LogP) is 3.26. The zero-order valence-corrected chi connectivity index (χ0v) is 8.35. The van der Waals surface area contributed by atoms with Crippen LogP contribution in [0.3, 0.4) is 0 Å². The maximum atomic E-state index is 13.3. The van der Waals surface area contributed by atoms with E-state index in [1.807, 2.05) is 0 Å². The number of hydrogen-bond donors (Lipinski definition) is 0. The second-order valence-corrected chi connectivity index (χ2v) is 3.72. The van der Waals surface area contributed by atoms with Crippen LogP contribution in [0.5, 0.6) is 0 Å². The highest BCUT2D eigenvalue weighted by Gasteiger charge is 2.16. The Balaban J connectivity index is 2.47. The molecule has 0 bridgehead atoms. The van der Waals surface area contributed by atoms with Crippen LogP contribution in [0.25, 0.3) is 0 Å². The van der Waals surface area contributed by atoms with E-state index < -0.39 is 17.4 Å². The van der Waals surface area contributed by atoms with Crippen LogP contribution >= 0.6 is 11.3 Å². The second kappa shape index (κ2) is 3.90.